The minimum Gasteiger partial charge on any atom is -0.485 e. The summed E-state index contributed by atoms with van der Waals surface area (Å²) in [5.41, 5.74) is 1.46. The van der Waals surface area contributed by atoms with E-state index in [0.717, 1.165) is 5.56 Å². The number of ketones is 1. The molecule has 0 amide bonds. The number of ether oxygens (including phenoxy) is 3. The van der Waals surface area contributed by atoms with E-state index >= 15 is 0 Å². The van der Waals surface area contributed by atoms with Crippen molar-refractivity contribution in [3.63, 3.8) is 0 Å². The number of Topliss-reactive ketones (excluding diaryl/α,β-unsaturated/α-hetero) is 1. The van der Waals surface area contributed by atoms with Gasteiger partial charge in [0.25, 0.3) is 0 Å². The summed E-state index contributed by atoms with van der Waals surface area (Å²) >= 11 is 5.92. The van der Waals surface area contributed by atoms with Gasteiger partial charge >= 0.3 is 0 Å². The van der Waals surface area contributed by atoms with Gasteiger partial charge in [0.2, 0.25) is 6.79 Å². The van der Waals surface area contributed by atoms with Gasteiger partial charge in [0.05, 0.1) is 0 Å². The van der Waals surface area contributed by atoms with Crippen molar-refractivity contribution in [2.75, 3.05) is 13.4 Å². The second-order valence-corrected chi connectivity index (χ2v) is 5.13. The second kappa shape index (κ2) is 5.66. The topological polar surface area (TPSA) is 44.8 Å². The third kappa shape index (κ3) is 2.95. The van der Waals surface area contributed by atoms with E-state index in [1.54, 1.807) is 30.3 Å². The first-order valence-corrected chi connectivity index (χ1v) is 6.83. The highest BCUT2D eigenvalue weighted by Crippen LogP contribution is 2.32. The Kier molecular flexibility index (Phi) is 3.71. The number of aryl methyl sites for hydroxylation is 1. The van der Waals surface area contributed by atoms with E-state index in [-0.39, 0.29) is 19.2 Å². The van der Waals surface area contributed by atoms with Crippen molar-refractivity contribution in [2.45, 2.75) is 6.92 Å². The van der Waals surface area contributed by atoms with Crippen LogP contribution in [0.3, 0.4) is 0 Å². The minimum atomic E-state index is -0.132. The summed E-state index contributed by atoms with van der Waals surface area (Å²) in [7, 11) is 0. The molecule has 0 spiro atoms. The van der Waals surface area contributed by atoms with Crippen LogP contribution in [-0.4, -0.2) is 19.2 Å². The number of benzene rings is 2. The molecule has 0 atom stereocenters. The zero-order valence-electron chi connectivity index (χ0n) is 11.4. The fraction of sp³-hybridized carbons (Fsp3) is 0.188. The standard InChI is InChI=1S/C16H13ClO4/c1-10-2-4-12(17)7-15(10)19-8-13(18)11-3-5-14-16(6-11)21-9-20-14/h2-7H,8-9H2,1H3. The second-order valence-electron chi connectivity index (χ2n) is 4.69. The van der Waals surface area contributed by atoms with Crippen LogP contribution >= 0.6 is 11.6 Å². The molecule has 21 heavy (non-hydrogen) atoms. The molecule has 2 aromatic rings. The van der Waals surface area contributed by atoms with E-state index in [4.69, 9.17) is 25.8 Å². The fourth-order valence-electron chi connectivity index (χ4n) is 2.03. The molecule has 1 heterocycles. The monoisotopic (exact) mass is 304 g/mol. The van der Waals surface area contributed by atoms with E-state index in [9.17, 15) is 4.79 Å². The van der Waals surface area contributed by atoms with Crippen LogP contribution in [0.5, 0.6) is 17.2 Å². The van der Waals surface area contributed by atoms with E-state index in [0.29, 0.717) is 27.8 Å². The summed E-state index contributed by atoms with van der Waals surface area (Å²) in [6, 6.07) is 10.4. The van der Waals surface area contributed by atoms with Gasteiger partial charge in [0.1, 0.15) is 5.75 Å². The summed E-state index contributed by atoms with van der Waals surface area (Å²) in [6.07, 6.45) is 0. The van der Waals surface area contributed by atoms with Crippen LogP contribution in [0.1, 0.15) is 15.9 Å². The van der Waals surface area contributed by atoms with Gasteiger partial charge in [-0.1, -0.05) is 17.7 Å². The predicted molar refractivity (Wildman–Crippen MR) is 78.6 cm³/mol. The quantitative estimate of drug-likeness (QED) is 0.809. The van der Waals surface area contributed by atoms with Crippen molar-refractivity contribution in [1.82, 2.24) is 0 Å². The maximum absolute atomic E-state index is 12.2. The lowest BCUT2D eigenvalue weighted by molar-refractivity contribution is 0.0920. The lowest BCUT2D eigenvalue weighted by atomic mass is 10.1. The van der Waals surface area contributed by atoms with Crippen LogP contribution in [0.15, 0.2) is 36.4 Å². The van der Waals surface area contributed by atoms with E-state index in [1.165, 1.54) is 0 Å². The maximum atomic E-state index is 12.2. The molecule has 0 radical (unpaired) electrons. The van der Waals surface area contributed by atoms with Crippen LogP contribution in [0, 0.1) is 6.92 Å². The number of halogens is 1. The smallest absolute Gasteiger partial charge is 0.231 e. The average molecular weight is 305 g/mol. The van der Waals surface area contributed by atoms with Crippen molar-refractivity contribution in [3.05, 3.63) is 52.5 Å². The Hall–Kier alpha value is -2.20. The summed E-state index contributed by atoms with van der Waals surface area (Å²) in [5.74, 6) is 1.71. The molecule has 108 valence electrons. The van der Waals surface area contributed by atoms with Gasteiger partial charge in [-0.2, -0.15) is 0 Å². The maximum Gasteiger partial charge on any atom is 0.231 e. The Labute approximate surface area is 127 Å². The SMILES string of the molecule is Cc1ccc(Cl)cc1OCC(=O)c1ccc2c(c1)OCO2. The van der Waals surface area contributed by atoms with Crippen molar-refractivity contribution in [2.24, 2.45) is 0 Å². The van der Waals surface area contributed by atoms with Gasteiger partial charge in [-0.15, -0.1) is 0 Å². The number of rotatable bonds is 4. The van der Waals surface area contributed by atoms with Crippen LogP contribution < -0.4 is 14.2 Å². The van der Waals surface area contributed by atoms with Crippen LogP contribution in [-0.2, 0) is 0 Å². The lowest BCUT2D eigenvalue weighted by Gasteiger charge is -2.09. The Morgan fingerprint density at radius 3 is 2.86 bits per heavy atom. The van der Waals surface area contributed by atoms with Gasteiger partial charge in [-0.25, -0.2) is 0 Å². The van der Waals surface area contributed by atoms with Gasteiger partial charge in [-0.3, -0.25) is 4.79 Å². The molecule has 0 aromatic heterocycles. The Balaban J connectivity index is 1.70. The third-order valence-electron chi connectivity index (χ3n) is 3.20. The van der Waals surface area contributed by atoms with Gasteiger partial charge in [0.15, 0.2) is 23.9 Å². The molecular weight excluding hydrogens is 292 g/mol. The largest absolute Gasteiger partial charge is 0.485 e. The highest BCUT2D eigenvalue weighted by atomic mass is 35.5. The average Bonchev–Trinajstić information content (AvgIpc) is 2.95. The summed E-state index contributed by atoms with van der Waals surface area (Å²) in [6.45, 7) is 2.03. The normalized spacial score (nSPS) is 12.3. The summed E-state index contributed by atoms with van der Waals surface area (Å²) in [4.78, 5) is 12.2. The molecule has 2 aromatic carbocycles. The highest BCUT2D eigenvalue weighted by molar-refractivity contribution is 6.30. The van der Waals surface area contributed by atoms with Crippen molar-refractivity contribution in [1.29, 1.82) is 0 Å². The molecular formula is C16H13ClO4. The van der Waals surface area contributed by atoms with Gasteiger partial charge in [-0.05, 0) is 42.8 Å². The molecule has 0 fully saturated rings. The zero-order chi connectivity index (χ0) is 14.8. The highest BCUT2D eigenvalue weighted by Gasteiger charge is 2.16. The molecule has 0 saturated heterocycles. The first-order chi connectivity index (χ1) is 10.1. The van der Waals surface area contributed by atoms with Crippen LogP contribution in [0.25, 0.3) is 0 Å². The van der Waals surface area contributed by atoms with Crippen LogP contribution in [0.4, 0.5) is 0 Å². The Morgan fingerprint density at radius 1 is 1.19 bits per heavy atom. The number of hydrogen-bond acceptors (Lipinski definition) is 4. The number of hydrogen-bond donors (Lipinski definition) is 0. The van der Waals surface area contributed by atoms with Crippen molar-refractivity contribution < 1.29 is 19.0 Å². The summed E-state index contributed by atoms with van der Waals surface area (Å²) < 4.78 is 16.0. The molecule has 5 heteroatoms. The molecule has 0 bridgehead atoms. The van der Waals surface area contributed by atoms with E-state index in [1.807, 2.05) is 13.0 Å². The number of carbonyl (C=O) groups is 1. The van der Waals surface area contributed by atoms with Gasteiger partial charge < -0.3 is 14.2 Å². The number of carbonyl (C=O) groups excluding carboxylic acids is 1. The molecule has 0 unspecified atom stereocenters. The minimum absolute atomic E-state index is 0.0547. The molecule has 3 rings (SSSR count). The van der Waals surface area contributed by atoms with Crippen molar-refractivity contribution in [3.8, 4) is 17.2 Å². The lowest BCUT2D eigenvalue weighted by Crippen LogP contribution is -2.12. The molecule has 1 aliphatic rings. The first-order valence-electron chi connectivity index (χ1n) is 6.45. The third-order valence-corrected chi connectivity index (χ3v) is 3.44. The molecule has 0 N–H and O–H groups in total. The van der Waals surface area contributed by atoms with E-state index < -0.39 is 0 Å². The van der Waals surface area contributed by atoms with Gasteiger partial charge in [0, 0.05) is 10.6 Å². The fourth-order valence-corrected chi connectivity index (χ4v) is 2.19. The number of fused-ring (bicyclic) bond motifs is 1. The predicted octanol–water partition coefficient (Wildman–Crippen LogP) is 3.64. The zero-order valence-corrected chi connectivity index (χ0v) is 12.1. The molecule has 4 nitrogen and oxygen atoms in total. The molecule has 1 aliphatic heterocycles. The van der Waals surface area contributed by atoms with Crippen molar-refractivity contribution >= 4 is 17.4 Å². The summed E-state index contributed by atoms with van der Waals surface area (Å²) in [5, 5.41) is 0.575. The molecule has 0 saturated carbocycles. The Bertz CT molecular complexity index is 697. The first kappa shape index (κ1) is 13.8. The van der Waals surface area contributed by atoms with E-state index in [2.05, 4.69) is 0 Å². The van der Waals surface area contributed by atoms with Crippen LogP contribution in [0.2, 0.25) is 5.02 Å². The Morgan fingerprint density at radius 2 is 2.00 bits per heavy atom. The molecule has 0 aliphatic carbocycles.